The topological polar surface area (TPSA) is 49.8 Å². The van der Waals surface area contributed by atoms with Gasteiger partial charge in [-0.2, -0.15) is 13.2 Å². The Kier molecular flexibility index (Phi) is 6.93. The van der Waals surface area contributed by atoms with Crippen molar-refractivity contribution in [3.8, 4) is 0 Å². The fourth-order valence-electron chi connectivity index (χ4n) is 2.96. The monoisotopic (exact) mass is 311 g/mol. The number of carbonyl (C=O) groups is 1. The number of carboxylic acids is 1. The number of aliphatic carboxylic acids is 1. The van der Waals surface area contributed by atoms with E-state index in [1.54, 1.807) is 0 Å². The fraction of sp³-hybridized carbons (Fsp3) is 0.929. The van der Waals surface area contributed by atoms with Crippen LogP contribution in [0.25, 0.3) is 0 Å². The number of alkyl halides is 3. The molecule has 124 valence electrons. The zero-order chi connectivity index (χ0) is 15.9. The molecule has 1 fully saturated rings. The maximum atomic E-state index is 11.9. The Labute approximate surface area is 123 Å². The first-order chi connectivity index (χ1) is 9.79. The number of carboxylic acid groups (broad SMARTS) is 1. The molecule has 1 aliphatic rings. The highest BCUT2D eigenvalue weighted by Crippen LogP contribution is 2.35. The predicted molar refractivity (Wildman–Crippen MR) is 72.1 cm³/mol. The molecule has 4 nitrogen and oxygen atoms in total. The van der Waals surface area contributed by atoms with Crippen molar-refractivity contribution in [3.63, 3.8) is 0 Å². The number of halogens is 3. The lowest BCUT2D eigenvalue weighted by molar-refractivity contribution is -0.174. The summed E-state index contributed by atoms with van der Waals surface area (Å²) in [5.74, 6) is -0.762. The van der Waals surface area contributed by atoms with Gasteiger partial charge in [-0.1, -0.05) is 13.3 Å². The molecule has 7 heteroatoms. The van der Waals surface area contributed by atoms with Crippen molar-refractivity contribution < 1.29 is 27.8 Å². The van der Waals surface area contributed by atoms with Gasteiger partial charge in [-0.25, -0.2) is 0 Å². The van der Waals surface area contributed by atoms with Crippen molar-refractivity contribution in [1.82, 2.24) is 4.90 Å². The lowest BCUT2D eigenvalue weighted by Crippen LogP contribution is -2.48. The summed E-state index contributed by atoms with van der Waals surface area (Å²) in [4.78, 5) is 13.6. The number of hydrogen-bond acceptors (Lipinski definition) is 3. The molecule has 1 unspecified atom stereocenters. The van der Waals surface area contributed by atoms with E-state index >= 15 is 0 Å². The van der Waals surface area contributed by atoms with Gasteiger partial charge in [0, 0.05) is 19.7 Å². The van der Waals surface area contributed by atoms with Crippen molar-refractivity contribution >= 4 is 5.97 Å². The molecule has 21 heavy (non-hydrogen) atoms. The molecule has 0 saturated carbocycles. The van der Waals surface area contributed by atoms with Crippen LogP contribution in [0.3, 0.4) is 0 Å². The Morgan fingerprint density at radius 1 is 1.43 bits per heavy atom. The summed E-state index contributed by atoms with van der Waals surface area (Å²) in [6, 6.07) is 0. The van der Waals surface area contributed by atoms with Gasteiger partial charge in [-0.15, -0.1) is 0 Å². The van der Waals surface area contributed by atoms with Crippen molar-refractivity contribution in [2.24, 2.45) is 5.41 Å². The average Bonchev–Trinajstić information content (AvgIpc) is 2.37. The lowest BCUT2D eigenvalue weighted by Gasteiger charge is -2.40. The maximum Gasteiger partial charge on any atom is 0.411 e. The SMILES string of the molecule is CCCC1(C(=O)O)CCCN(CCCOCC(F)(F)F)C1. The first-order valence-corrected chi connectivity index (χ1v) is 7.39. The summed E-state index contributed by atoms with van der Waals surface area (Å²) >= 11 is 0. The highest BCUT2D eigenvalue weighted by atomic mass is 19.4. The highest BCUT2D eigenvalue weighted by Gasteiger charge is 2.41. The molecule has 1 heterocycles. The van der Waals surface area contributed by atoms with Crippen LogP contribution >= 0.6 is 0 Å². The molecule has 0 aliphatic carbocycles. The smallest absolute Gasteiger partial charge is 0.411 e. The van der Waals surface area contributed by atoms with E-state index in [0.717, 1.165) is 19.4 Å². The standard InChI is InChI=1S/C14H24F3NO3/c1-2-5-13(12(19)20)6-3-7-18(10-13)8-4-9-21-11-14(15,16)17/h2-11H2,1H3,(H,19,20). The molecule has 0 bridgehead atoms. The van der Waals surface area contributed by atoms with Gasteiger partial charge in [0.25, 0.3) is 0 Å². The molecule has 1 N–H and O–H groups in total. The minimum Gasteiger partial charge on any atom is -0.481 e. The summed E-state index contributed by atoms with van der Waals surface area (Å²) in [6.07, 6.45) is -0.853. The van der Waals surface area contributed by atoms with E-state index in [0.29, 0.717) is 32.4 Å². The van der Waals surface area contributed by atoms with Gasteiger partial charge >= 0.3 is 12.1 Å². The molecule has 0 radical (unpaired) electrons. The van der Waals surface area contributed by atoms with Gasteiger partial charge in [0.05, 0.1) is 5.41 Å². The Morgan fingerprint density at radius 3 is 2.71 bits per heavy atom. The van der Waals surface area contributed by atoms with E-state index in [4.69, 9.17) is 0 Å². The van der Waals surface area contributed by atoms with E-state index in [1.807, 2.05) is 11.8 Å². The Bertz CT molecular complexity index is 332. The number of piperidine rings is 1. The average molecular weight is 311 g/mol. The summed E-state index contributed by atoms with van der Waals surface area (Å²) in [5, 5.41) is 9.46. The molecule has 0 aromatic rings. The van der Waals surface area contributed by atoms with Gasteiger partial charge in [0.15, 0.2) is 0 Å². The first-order valence-electron chi connectivity index (χ1n) is 7.39. The normalized spacial score (nSPS) is 24.2. The van der Waals surface area contributed by atoms with E-state index in [9.17, 15) is 23.1 Å². The first kappa shape index (κ1) is 18.2. The van der Waals surface area contributed by atoms with E-state index in [1.165, 1.54) is 0 Å². The van der Waals surface area contributed by atoms with Gasteiger partial charge in [-0.3, -0.25) is 4.79 Å². The maximum absolute atomic E-state index is 11.9. The molecule has 0 aromatic heterocycles. The predicted octanol–water partition coefficient (Wildman–Crippen LogP) is 2.92. The minimum atomic E-state index is -4.29. The molecule has 1 saturated heterocycles. The van der Waals surface area contributed by atoms with Crippen LogP contribution in [0.15, 0.2) is 0 Å². The van der Waals surface area contributed by atoms with E-state index < -0.39 is 24.2 Å². The zero-order valence-corrected chi connectivity index (χ0v) is 12.4. The third-order valence-electron chi connectivity index (χ3n) is 3.87. The van der Waals surface area contributed by atoms with Crippen molar-refractivity contribution in [3.05, 3.63) is 0 Å². The van der Waals surface area contributed by atoms with Crippen molar-refractivity contribution in [1.29, 1.82) is 0 Å². The number of nitrogens with zero attached hydrogens (tertiary/aromatic N) is 1. The van der Waals surface area contributed by atoms with Crippen LogP contribution < -0.4 is 0 Å². The lowest BCUT2D eigenvalue weighted by atomic mass is 9.76. The molecule has 0 aromatic carbocycles. The largest absolute Gasteiger partial charge is 0.481 e. The highest BCUT2D eigenvalue weighted by molar-refractivity contribution is 5.75. The van der Waals surface area contributed by atoms with Crippen molar-refractivity contribution in [2.45, 2.75) is 45.2 Å². The van der Waals surface area contributed by atoms with Crippen LogP contribution in [0.1, 0.15) is 39.0 Å². The minimum absolute atomic E-state index is 0.0455. The Balaban J connectivity index is 2.34. The van der Waals surface area contributed by atoms with Crippen LogP contribution in [0, 0.1) is 5.41 Å². The summed E-state index contributed by atoms with van der Waals surface area (Å²) in [6.45, 7) is 2.66. The summed E-state index contributed by atoms with van der Waals surface area (Å²) in [5.41, 5.74) is -0.695. The van der Waals surface area contributed by atoms with Crippen molar-refractivity contribution in [2.75, 3.05) is 32.8 Å². The molecular formula is C14H24F3NO3. The van der Waals surface area contributed by atoms with Crippen LogP contribution in [0.2, 0.25) is 0 Å². The van der Waals surface area contributed by atoms with Crippen LogP contribution in [-0.2, 0) is 9.53 Å². The van der Waals surface area contributed by atoms with Gasteiger partial charge in [0.2, 0.25) is 0 Å². The van der Waals surface area contributed by atoms with Gasteiger partial charge in [-0.05, 0) is 32.2 Å². The second kappa shape index (κ2) is 7.98. The van der Waals surface area contributed by atoms with E-state index in [2.05, 4.69) is 4.74 Å². The third kappa shape index (κ3) is 6.22. The summed E-state index contributed by atoms with van der Waals surface area (Å²) < 4.78 is 40.3. The summed E-state index contributed by atoms with van der Waals surface area (Å²) in [7, 11) is 0. The third-order valence-corrected chi connectivity index (χ3v) is 3.87. The molecule has 1 atom stereocenters. The Morgan fingerprint density at radius 2 is 2.14 bits per heavy atom. The molecular weight excluding hydrogens is 287 g/mol. The quantitative estimate of drug-likeness (QED) is 0.700. The molecule has 0 spiro atoms. The van der Waals surface area contributed by atoms with Gasteiger partial charge in [0.1, 0.15) is 6.61 Å². The number of ether oxygens (including phenoxy) is 1. The van der Waals surface area contributed by atoms with Crippen LogP contribution in [0.4, 0.5) is 13.2 Å². The number of likely N-dealkylation sites (tertiary alicyclic amines) is 1. The van der Waals surface area contributed by atoms with Gasteiger partial charge < -0.3 is 14.7 Å². The second-order valence-electron chi connectivity index (χ2n) is 5.74. The molecule has 1 rings (SSSR count). The number of rotatable bonds is 8. The molecule has 1 aliphatic heterocycles. The van der Waals surface area contributed by atoms with E-state index in [-0.39, 0.29) is 6.61 Å². The van der Waals surface area contributed by atoms with Crippen LogP contribution in [-0.4, -0.2) is 55.0 Å². The second-order valence-corrected chi connectivity index (χ2v) is 5.74. The molecule has 0 amide bonds. The fourth-order valence-corrected chi connectivity index (χ4v) is 2.96. The Hall–Kier alpha value is -0.820. The van der Waals surface area contributed by atoms with Crippen LogP contribution in [0.5, 0.6) is 0 Å². The number of hydrogen-bond donors (Lipinski definition) is 1. The zero-order valence-electron chi connectivity index (χ0n) is 12.4.